The van der Waals surface area contributed by atoms with Gasteiger partial charge in [-0.2, -0.15) is 0 Å². The molecule has 0 bridgehead atoms. The summed E-state index contributed by atoms with van der Waals surface area (Å²) >= 11 is 0. The Balaban J connectivity index is 2.03. The lowest BCUT2D eigenvalue weighted by Gasteiger charge is -2.22. The van der Waals surface area contributed by atoms with Crippen LogP contribution in [0.25, 0.3) is 0 Å². The van der Waals surface area contributed by atoms with Gasteiger partial charge in [-0.3, -0.25) is 9.78 Å². The monoisotopic (exact) mass is 258 g/mol. The van der Waals surface area contributed by atoms with Crippen molar-refractivity contribution >= 4 is 5.91 Å². The van der Waals surface area contributed by atoms with Gasteiger partial charge in [-0.05, 0) is 17.5 Å². The Morgan fingerprint density at radius 2 is 2.21 bits per heavy atom. The number of pyridine rings is 1. The lowest BCUT2D eigenvalue weighted by molar-refractivity contribution is -0.122. The van der Waals surface area contributed by atoms with Crippen molar-refractivity contribution in [3.63, 3.8) is 0 Å². The minimum absolute atomic E-state index is 0.0234. The molecule has 0 aliphatic heterocycles. The lowest BCUT2D eigenvalue weighted by Crippen LogP contribution is -2.34. The number of nitrogens with zero attached hydrogens (tertiary/aromatic N) is 3. The van der Waals surface area contributed by atoms with E-state index in [-0.39, 0.29) is 18.5 Å². The smallest absolute Gasteiger partial charge is 0.240 e. The van der Waals surface area contributed by atoms with Gasteiger partial charge in [-0.1, -0.05) is 19.9 Å². The maximum Gasteiger partial charge on any atom is 0.240 e. The van der Waals surface area contributed by atoms with Crippen LogP contribution in [0.4, 0.5) is 0 Å². The second-order valence-electron chi connectivity index (χ2n) is 4.81. The summed E-state index contributed by atoms with van der Waals surface area (Å²) in [5.74, 6) is 0.275. The summed E-state index contributed by atoms with van der Waals surface area (Å²) in [5, 5.41) is 3.04. The fourth-order valence-electron chi connectivity index (χ4n) is 1.96. The molecule has 2 aromatic rings. The molecule has 0 radical (unpaired) electrons. The zero-order valence-electron chi connectivity index (χ0n) is 11.2. The van der Waals surface area contributed by atoms with E-state index in [1.807, 2.05) is 12.1 Å². The van der Waals surface area contributed by atoms with Crippen molar-refractivity contribution in [2.75, 3.05) is 0 Å². The molecule has 5 heteroatoms. The number of nitrogens with one attached hydrogen (secondary N) is 1. The van der Waals surface area contributed by atoms with Gasteiger partial charge in [-0.15, -0.1) is 0 Å². The second-order valence-corrected chi connectivity index (χ2v) is 4.81. The van der Waals surface area contributed by atoms with E-state index in [9.17, 15) is 4.79 Å². The fourth-order valence-corrected chi connectivity index (χ4v) is 1.96. The minimum Gasteiger partial charge on any atom is -0.347 e. The Morgan fingerprint density at radius 3 is 2.79 bits per heavy atom. The average molecular weight is 258 g/mol. The van der Waals surface area contributed by atoms with Crippen molar-refractivity contribution in [2.24, 2.45) is 5.92 Å². The van der Waals surface area contributed by atoms with Gasteiger partial charge in [0.2, 0.25) is 5.91 Å². The first-order valence-corrected chi connectivity index (χ1v) is 6.32. The van der Waals surface area contributed by atoms with Gasteiger partial charge in [-0.25, -0.2) is 4.98 Å². The minimum atomic E-state index is -0.0273. The zero-order chi connectivity index (χ0) is 13.7. The molecule has 0 saturated heterocycles. The predicted molar refractivity (Wildman–Crippen MR) is 72.2 cm³/mol. The maximum absolute atomic E-state index is 12.0. The number of imidazole rings is 1. The highest BCUT2D eigenvalue weighted by molar-refractivity contribution is 5.76. The average Bonchev–Trinajstić information content (AvgIpc) is 2.89. The summed E-state index contributed by atoms with van der Waals surface area (Å²) in [6, 6.07) is 3.84. The number of carbonyl (C=O) groups is 1. The van der Waals surface area contributed by atoms with Gasteiger partial charge < -0.3 is 9.88 Å². The molecule has 2 heterocycles. The number of aromatic nitrogens is 3. The Bertz CT molecular complexity index is 508. The van der Waals surface area contributed by atoms with Crippen LogP contribution in [-0.4, -0.2) is 20.4 Å². The molecule has 0 saturated carbocycles. The molecule has 0 spiro atoms. The van der Waals surface area contributed by atoms with Crippen molar-refractivity contribution in [2.45, 2.75) is 26.4 Å². The number of hydrogen-bond acceptors (Lipinski definition) is 3. The summed E-state index contributed by atoms with van der Waals surface area (Å²) in [7, 11) is 0. The van der Waals surface area contributed by atoms with Crippen LogP contribution >= 0.6 is 0 Å². The molecule has 0 aliphatic rings. The molecule has 100 valence electrons. The van der Waals surface area contributed by atoms with Gasteiger partial charge in [0.05, 0.1) is 12.4 Å². The van der Waals surface area contributed by atoms with E-state index in [0.29, 0.717) is 5.92 Å². The molecule has 0 aromatic carbocycles. The van der Waals surface area contributed by atoms with Crippen molar-refractivity contribution in [3.8, 4) is 0 Å². The summed E-state index contributed by atoms with van der Waals surface area (Å²) in [4.78, 5) is 20.0. The van der Waals surface area contributed by atoms with Gasteiger partial charge in [0.15, 0.2) is 0 Å². The molecular formula is C14H18N4O. The highest BCUT2D eigenvalue weighted by Crippen LogP contribution is 2.20. The van der Waals surface area contributed by atoms with E-state index in [1.54, 1.807) is 35.7 Å². The van der Waals surface area contributed by atoms with E-state index < -0.39 is 0 Å². The molecule has 19 heavy (non-hydrogen) atoms. The first-order chi connectivity index (χ1) is 9.16. The quantitative estimate of drug-likeness (QED) is 0.889. The van der Waals surface area contributed by atoms with Crippen LogP contribution in [0, 0.1) is 5.92 Å². The standard InChI is InChI=1S/C14H18N4O/c1-11(2)14(12-4-3-5-15-8-12)17-13(19)9-18-7-6-16-10-18/h3-8,10-11,14H,9H2,1-2H3,(H,17,19)/t14-/m1/s1. The third-order valence-corrected chi connectivity index (χ3v) is 2.91. The fraction of sp³-hybridized carbons (Fsp3) is 0.357. The Labute approximate surface area is 112 Å². The van der Waals surface area contributed by atoms with Crippen molar-refractivity contribution < 1.29 is 4.79 Å². The zero-order valence-corrected chi connectivity index (χ0v) is 11.2. The topological polar surface area (TPSA) is 59.8 Å². The maximum atomic E-state index is 12.0. The normalized spacial score (nSPS) is 12.4. The van der Waals surface area contributed by atoms with Crippen LogP contribution in [0.15, 0.2) is 43.2 Å². The number of amides is 1. The van der Waals surface area contributed by atoms with Crippen LogP contribution in [0.5, 0.6) is 0 Å². The van der Waals surface area contributed by atoms with E-state index in [2.05, 4.69) is 29.1 Å². The van der Waals surface area contributed by atoms with Gasteiger partial charge in [0.25, 0.3) is 0 Å². The Morgan fingerprint density at radius 1 is 1.37 bits per heavy atom. The van der Waals surface area contributed by atoms with Gasteiger partial charge in [0, 0.05) is 24.8 Å². The SMILES string of the molecule is CC(C)[C@@H](NC(=O)Cn1ccnc1)c1cccnc1. The predicted octanol–water partition coefficient (Wildman–Crippen LogP) is 1.79. The van der Waals surface area contributed by atoms with Crippen LogP contribution < -0.4 is 5.32 Å². The summed E-state index contributed by atoms with van der Waals surface area (Å²) in [5.41, 5.74) is 1.02. The first kappa shape index (κ1) is 13.3. The third-order valence-electron chi connectivity index (χ3n) is 2.91. The first-order valence-electron chi connectivity index (χ1n) is 6.32. The Hall–Kier alpha value is -2.17. The second kappa shape index (κ2) is 6.13. The van der Waals surface area contributed by atoms with E-state index in [0.717, 1.165) is 5.56 Å². The van der Waals surface area contributed by atoms with E-state index >= 15 is 0 Å². The Kier molecular flexibility index (Phi) is 4.28. The molecule has 0 fully saturated rings. The number of hydrogen-bond donors (Lipinski definition) is 1. The molecule has 1 atom stereocenters. The highest BCUT2D eigenvalue weighted by Gasteiger charge is 2.18. The molecule has 1 N–H and O–H groups in total. The van der Waals surface area contributed by atoms with Crippen LogP contribution in [0.1, 0.15) is 25.5 Å². The van der Waals surface area contributed by atoms with Crippen molar-refractivity contribution in [3.05, 3.63) is 48.8 Å². The molecular weight excluding hydrogens is 240 g/mol. The van der Waals surface area contributed by atoms with Crippen LogP contribution in [0.2, 0.25) is 0 Å². The molecule has 0 unspecified atom stereocenters. The van der Waals surface area contributed by atoms with Crippen molar-refractivity contribution in [1.82, 2.24) is 19.9 Å². The molecule has 1 amide bonds. The highest BCUT2D eigenvalue weighted by atomic mass is 16.2. The van der Waals surface area contributed by atoms with Gasteiger partial charge >= 0.3 is 0 Å². The molecule has 5 nitrogen and oxygen atoms in total. The molecule has 0 aliphatic carbocycles. The van der Waals surface area contributed by atoms with Crippen molar-refractivity contribution in [1.29, 1.82) is 0 Å². The molecule has 2 rings (SSSR count). The summed E-state index contributed by atoms with van der Waals surface area (Å²) < 4.78 is 1.75. The van der Waals surface area contributed by atoms with Crippen LogP contribution in [0.3, 0.4) is 0 Å². The number of rotatable bonds is 5. The summed E-state index contributed by atoms with van der Waals surface area (Å²) in [6.07, 6.45) is 8.59. The van der Waals surface area contributed by atoms with E-state index in [4.69, 9.17) is 0 Å². The summed E-state index contributed by atoms with van der Waals surface area (Å²) in [6.45, 7) is 4.44. The van der Waals surface area contributed by atoms with E-state index in [1.165, 1.54) is 0 Å². The van der Waals surface area contributed by atoms with Crippen LogP contribution in [-0.2, 0) is 11.3 Å². The van der Waals surface area contributed by atoms with Gasteiger partial charge in [0.1, 0.15) is 6.54 Å². The third kappa shape index (κ3) is 3.64. The number of carbonyl (C=O) groups excluding carboxylic acids is 1. The largest absolute Gasteiger partial charge is 0.347 e. The lowest BCUT2D eigenvalue weighted by atomic mass is 9.97. The molecule has 2 aromatic heterocycles.